The van der Waals surface area contributed by atoms with Gasteiger partial charge in [0.1, 0.15) is 11.4 Å². The molecule has 2 atom stereocenters. The summed E-state index contributed by atoms with van der Waals surface area (Å²) in [5.41, 5.74) is 1.51. The molecule has 2 unspecified atom stereocenters. The van der Waals surface area contributed by atoms with Crippen molar-refractivity contribution in [3.63, 3.8) is 0 Å². The van der Waals surface area contributed by atoms with Crippen molar-refractivity contribution >= 4 is 11.8 Å². The number of amides is 2. The molecule has 28 heavy (non-hydrogen) atoms. The topological polar surface area (TPSA) is 110 Å². The number of hydrogen-bond donors (Lipinski definition) is 2. The van der Waals surface area contributed by atoms with E-state index < -0.39 is 0 Å². The van der Waals surface area contributed by atoms with E-state index in [-0.39, 0.29) is 22.9 Å². The predicted molar refractivity (Wildman–Crippen MR) is 102 cm³/mol. The van der Waals surface area contributed by atoms with E-state index in [0.717, 1.165) is 44.2 Å². The molecule has 2 saturated carbocycles. The molecule has 0 aromatic carbocycles. The molecule has 0 spiro atoms. The Morgan fingerprint density at radius 2 is 1.50 bits per heavy atom. The summed E-state index contributed by atoms with van der Waals surface area (Å²) < 4.78 is 0. The lowest BCUT2D eigenvalue weighted by Crippen LogP contribution is -2.55. The van der Waals surface area contributed by atoms with Crippen LogP contribution >= 0.6 is 0 Å². The van der Waals surface area contributed by atoms with E-state index in [2.05, 4.69) is 30.6 Å². The van der Waals surface area contributed by atoms with Crippen LogP contribution in [0.1, 0.15) is 70.9 Å². The van der Waals surface area contributed by atoms with Gasteiger partial charge in [-0.25, -0.2) is 9.97 Å². The average Bonchev–Trinajstić information content (AvgIpc) is 2.92. The van der Waals surface area contributed by atoms with Gasteiger partial charge in [0.2, 0.25) is 0 Å². The zero-order valence-electron chi connectivity index (χ0n) is 16.2. The molecule has 0 aliphatic heterocycles. The molecule has 2 bridgehead atoms. The van der Waals surface area contributed by atoms with Crippen molar-refractivity contribution in [3.8, 4) is 0 Å². The minimum absolute atomic E-state index is 0.204. The van der Waals surface area contributed by atoms with E-state index in [1.807, 2.05) is 13.8 Å². The van der Waals surface area contributed by atoms with Crippen molar-refractivity contribution in [2.45, 2.75) is 63.5 Å². The first kappa shape index (κ1) is 18.5. The highest BCUT2D eigenvalue weighted by atomic mass is 16.2. The maximum absolute atomic E-state index is 12.7. The predicted octanol–water partition coefficient (Wildman–Crippen LogP) is 1.89. The molecule has 0 saturated heterocycles. The molecule has 2 amide bonds. The Kier molecular flexibility index (Phi) is 4.56. The normalized spacial score (nSPS) is 25.9. The van der Waals surface area contributed by atoms with E-state index in [4.69, 9.17) is 0 Å². The minimum atomic E-state index is -0.313. The Labute approximate surface area is 163 Å². The first-order valence-corrected chi connectivity index (χ1v) is 9.61. The van der Waals surface area contributed by atoms with Crippen molar-refractivity contribution in [2.75, 3.05) is 0 Å². The van der Waals surface area contributed by atoms with E-state index >= 15 is 0 Å². The van der Waals surface area contributed by atoms with Crippen LogP contribution in [0.5, 0.6) is 0 Å². The number of nitrogens with one attached hydrogen (secondary N) is 2. The summed E-state index contributed by atoms with van der Waals surface area (Å²) in [6.45, 7) is 3.65. The lowest BCUT2D eigenvalue weighted by atomic mass is 9.78. The van der Waals surface area contributed by atoms with Gasteiger partial charge in [-0.05, 0) is 52.4 Å². The second-order valence-corrected chi connectivity index (χ2v) is 8.09. The SMILES string of the molecule is Cc1cnc(C(=O)NC23CCCC(NC(=O)c4cncc(C)n4)(CC2)C3)cn1. The third-order valence-corrected chi connectivity index (χ3v) is 5.83. The van der Waals surface area contributed by atoms with Gasteiger partial charge in [-0.3, -0.25) is 19.6 Å². The molecule has 2 N–H and O–H groups in total. The third-order valence-electron chi connectivity index (χ3n) is 5.83. The number of aryl methyl sites for hydroxylation is 2. The standard InChI is InChI=1S/C20H24N6O2/c1-13-9-23-15(11-22-13)17(27)25-19-4-3-5-20(12-19,7-6-19)26-18(28)16-10-21-8-14(2)24-16/h8-11H,3-7,12H2,1-2H3,(H,25,27)(H,26,28). The number of carbonyl (C=O) groups is 2. The molecule has 0 radical (unpaired) electrons. The van der Waals surface area contributed by atoms with Gasteiger partial charge in [0.05, 0.1) is 23.8 Å². The number of aromatic nitrogens is 4. The fourth-order valence-electron chi connectivity index (χ4n) is 4.53. The van der Waals surface area contributed by atoms with E-state index in [9.17, 15) is 9.59 Å². The van der Waals surface area contributed by atoms with Crippen LogP contribution in [0.25, 0.3) is 0 Å². The van der Waals surface area contributed by atoms with Crippen LogP contribution in [0.4, 0.5) is 0 Å². The zero-order valence-corrected chi connectivity index (χ0v) is 16.2. The molecule has 8 heteroatoms. The lowest BCUT2D eigenvalue weighted by Gasteiger charge is -2.40. The molecule has 2 fully saturated rings. The second kappa shape index (κ2) is 6.92. The maximum atomic E-state index is 12.7. The van der Waals surface area contributed by atoms with Crippen molar-refractivity contribution in [2.24, 2.45) is 0 Å². The largest absolute Gasteiger partial charge is 0.345 e. The molecule has 2 aromatic heterocycles. The summed E-state index contributed by atoms with van der Waals surface area (Å²) in [6, 6.07) is 0. The van der Waals surface area contributed by atoms with Crippen LogP contribution in [0.3, 0.4) is 0 Å². The molecular weight excluding hydrogens is 356 g/mol. The quantitative estimate of drug-likeness (QED) is 0.838. The molecule has 2 aromatic rings. The molecule has 2 aliphatic rings. The van der Waals surface area contributed by atoms with Crippen molar-refractivity contribution < 1.29 is 9.59 Å². The van der Waals surface area contributed by atoms with Gasteiger partial charge in [-0.15, -0.1) is 0 Å². The number of nitrogens with zero attached hydrogens (tertiary/aromatic N) is 4. The van der Waals surface area contributed by atoms with Gasteiger partial charge in [0, 0.05) is 23.5 Å². The molecule has 2 heterocycles. The molecule has 8 nitrogen and oxygen atoms in total. The Morgan fingerprint density at radius 1 is 0.821 bits per heavy atom. The average molecular weight is 380 g/mol. The first-order valence-electron chi connectivity index (χ1n) is 9.61. The molecular formula is C20H24N6O2. The van der Waals surface area contributed by atoms with Gasteiger partial charge in [0.25, 0.3) is 11.8 Å². The monoisotopic (exact) mass is 380 g/mol. The van der Waals surface area contributed by atoms with Gasteiger partial charge in [-0.2, -0.15) is 0 Å². The fraction of sp³-hybridized carbons (Fsp3) is 0.500. The summed E-state index contributed by atoms with van der Waals surface area (Å²) in [5.74, 6) is -0.411. The summed E-state index contributed by atoms with van der Waals surface area (Å²) in [5, 5.41) is 6.38. The Morgan fingerprint density at radius 3 is 2.11 bits per heavy atom. The number of hydrogen-bond acceptors (Lipinski definition) is 6. The van der Waals surface area contributed by atoms with Crippen LogP contribution in [0.2, 0.25) is 0 Å². The second-order valence-electron chi connectivity index (χ2n) is 8.09. The van der Waals surface area contributed by atoms with Gasteiger partial charge in [-0.1, -0.05) is 0 Å². The van der Waals surface area contributed by atoms with E-state index in [1.165, 1.54) is 12.4 Å². The zero-order chi connectivity index (χ0) is 19.8. The summed E-state index contributed by atoms with van der Waals surface area (Å²) in [6.07, 6.45) is 11.3. The molecule has 146 valence electrons. The van der Waals surface area contributed by atoms with Gasteiger partial charge >= 0.3 is 0 Å². The van der Waals surface area contributed by atoms with Crippen LogP contribution in [-0.2, 0) is 0 Å². The third kappa shape index (κ3) is 3.58. The van der Waals surface area contributed by atoms with E-state index in [0.29, 0.717) is 17.1 Å². The highest BCUT2D eigenvalue weighted by Crippen LogP contribution is 2.48. The van der Waals surface area contributed by atoms with Crippen molar-refractivity contribution in [1.82, 2.24) is 30.6 Å². The number of rotatable bonds is 4. The summed E-state index contributed by atoms with van der Waals surface area (Å²) in [4.78, 5) is 42.0. The van der Waals surface area contributed by atoms with Crippen LogP contribution in [0.15, 0.2) is 24.8 Å². The summed E-state index contributed by atoms with van der Waals surface area (Å²) in [7, 11) is 0. The van der Waals surface area contributed by atoms with E-state index in [1.54, 1.807) is 12.4 Å². The lowest BCUT2D eigenvalue weighted by molar-refractivity contribution is 0.0826. The Hall–Kier alpha value is -2.90. The molecule has 4 rings (SSSR count). The van der Waals surface area contributed by atoms with Crippen LogP contribution in [-0.4, -0.2) is 42.8 Å². The van der Waals surface area contributed by atoms with Crippen molar-refractivity contribution in [3.05, 3.63) is 47.6 Å². The Bertz CT molecular complexity index is 915. The van der Waals surface area contributed by atoms with Crippen molar-refractivity contribution in [1.29, 1.82) is 0 Å². The highest BCUT2D eigenvalue weighted by molar-refractivity contribution is 5.93. The Balaban J connectivity index is 1.47. The minimum Gasteiger partial charge on any atom is -0.345 e. The fourth-order valence-corrected chi connectivity index (χ4v) is 4.53. The van der Waals surface area contributed by atoms with Gasteiger partial charge in [0.15, 0.2) is 0 Å². The maximum Gasteiger partial charge on any atom is 0.271 e. The number of fused-ring (bicyclic) bond motifs is 2. The van der Waals surface area contributed by atoms with Crippen LogP contribution < -0.4 is 10.6 Å². The highest BCUT2D eigenvalue weighted by Gasteiger charge is 2.52. The summed E-state index contributed by atoms with van der Waals surface area (Å²) >= 11 is 0. The van der Waals surface area contributed by atoms with Gasteiger partial charge < -0.3 is 10.6 Å². The first-order chi connectivity index (χ1) is 13.4. The van der Waals surface area contributed by atoms with Crippen LogP contribution in [0, 0.1) is 13.8 Å². The molecule has 2 aliphatic carbocycles. The number of carbonyl (C=O) groups excluding carboxylic acids is 2. The smallest absolute Gasteiger partial charge is 0.271 e.